The van der Waals surface area contributed by atoms with Crippen molar-refractivity contribution in [2.75, 3.05) is 18.9 Å². The maximum absolute atomic E-state index is 13.6. The molecule has 0 saturated carbocycles. The number of amides is 1. The number of carbonyl (C=O) groups is 1. The molecule has 1 amide bonds. The van der Waals surface area contributed by atoms with E-state index in [1.807, 2.05) is 13.8 Å². The van der Waals surface area contributed by atoms with Crippen molar-refractivity contribution in [2.24, 2.45) is 5.92 Å². The predicted molar refractivity (Wildman–Crippen MR) is 135 cm³/mol. The number of hydrogen-bond donors (Lipinski definition) is 1. The molecule has 5 nitrogen and oxygen atoms in total. The lowest BCUT2D eigenvalue weighted by molar-refractivity contribution is -0.120. The monoisotopic (exact) mass is 500 g/mol. The summed E-state index contributed by atoms with van der Waals surface area (Å²) in [5.41, 5.74) is 1.26. The highest BCUT2D eigenvalue weighted by molar-refractivity contribution is 7.89. The van der Waals surface area contributed by atoms with Crippen molar-refractivity contribution in [2.45, 2.75) is 38.0 Å². The summed E-state index contributed by atoms with van der Waals surface area (Å²) in [6.45, 7) is 7.55. The van der Waals surface area contributed by atoms with E-state index in [4.69, 9.17) is 0 Å². The lowest BCUT2D eigenvalue weighted by Crippen LogP contribution is -2.35. The topological polar surface area (TPSA) is 66.5 Å². The van der Waals surface area contributed by atoms with Gasteiger partial charge < -0.3 is 5.32 Å². The molecule has 0 aliphatic carbocycles. The van der Waals surface area contributed by atoms with Crippen LogP contribution >= 0.6 is 0 Å². The fourth-order valence-electron chi connectivity index (χ4n) is 3.69. The normalized spacial score (nSPS) is 12.3. The van der Waals surface area contributed by atoms with Crippen LogP contribution in [0.2, 0.25) is 0 Å². The average Bonchev–Trinajstić information content (AvgIpc) is 2.78. The summed E-state index contributed by atoms with van der Waals surface area (Å²) in [6, 6.07) is 16.8. The lowest BCUT2D eigenvalue weighted by atomic mass is 9.83. The number of halogens is 2. The van der Waals surface area contributed by atoms with Crippen molar-refractivity contribution >= 4 is 21.6 Å². The Bertz CT molecular complexity index is 1280. The zero-order valence-electron chi connectivity index (χ0n) is 20.5. The molecular weight excluding hydrogens is 470 g/mol. The maximum atomic E-state index is 13.6. The van der Waals surface area contributed by atoms with Crippen molar-refractivity contribution in [3.05, 3.63) is 83.9 Å². The van der Waals surface area contributed by atoms with Crippen LogP contribution in [-0.2, 0) is 20.2 Å². The number of hydrogen-bond acceptors (Lipinski definition) is 3. The molecule has 1 N–H and O–H groups in total. The van der Waals surface area contributed by atoms with Gasteiger partial charge in [0, 0.05) is 25.3 Å². The van der Waals surface area contributed by atoms with Crippen molar-refractivity contribution in [3.8, 4) is 11.1 Å². The van der Waals surface area contributed by atoms with Crippen molar-refractivity contribution in [3.63, 3.8) is 0 Å². The molecule has 0 bridgehead atoms. The van der Waals surface area contributed by atoms with E-state index in [0.717, 1.165) is 29.3 Å². The van der Waals surface area contributed by atoms with Crippen molar-refractivity contribution in [1.29, 1.82) is 0 Å². The third kappa shape index (κ3) is 6.13. The summed E-state index contributed by atoms with van der Waals surface area (Å²) in [6.07, 6.45) is 0. The molecule has 0 saturated heterocycles. The Hall–Kier alpha value is -3.10. The average molecular weight is 501 g/mol. The molecule has 0 atom stereocenters. The molecule has 0 aromatic heterocycles. The quantitative estimate of drug-likeness (QED) is 0.424. The Balaban J connectivity index is 1.74. The van der Waals surface area contributed by atoms with Gasteiger partial charge in [-0.3, -0.25) is 4.79 Å². The van der Waals surface area contributed by atoms with Gasteiger partial charge in [-0.1, -0.05) is 38.1 Å². The van der Waals surface area contributed by atoms with Crippen molar-refractivity contribution in [1.82, 2.24) is 4.31 Å². The van der Waals surface area contributed by atoms with Crippen LogP contribution in [0, 0.1) is 17.6 Å². The van der Waals surface area contributed by atoms with E-state index < -0.39 is 33.0 Å². The van der Waals surface area contributed by atoms with Crippen molar-refractivity contribution < 1.29 is 22.0 Å². The van der Waals surface area contributed by atoms with Gasteiger partial charge in [0.1, 0.15) is 11.6 Å². The molecule has 186 valence electrons. The van der Waals surface area contributed by atoms with Gasteiger partial charge >= 0.3 is 0 Å². The molecule has 0 radical (unpaired) electrons. The molecule has 3 rings (SSSR count). The zero-order valence-corrected chi connectivity index (χ0v) is 21.3. The minimum atomic E-state index is -3.56. The summed E-state index contributed by atoms with van der Waals surface area (Å²) in [4.78, 5) is 13.1. The van der Waals surface area contributed by atoms with Crippen LogP contribution in [0.25, 0.3) is 11.1 Å². The van der Waals surface area contributed by atoms with Gasteiger partial charge in [0.25, 0.3) is 0 Å². The number of anilines is 1. The molecule has 0 aliphatic rings. The molecule has 35 heavy (non-hydrogen) atoms. The molecule has 3 aromatic carbocycles. The highest BCUT2D eigenvalue weighted by Crippen LogP contribution is 2.28. The Kier molecular flexibility index (Phi) is 7.77. The van der Waals surface area contributed by atoms with Gasteiger partial charge in [0.2, 0.25) is 15.9 Å². The number of sulfonamides is 1. The molecule has 0 unspecified atom stereocenters. The van der Waals surface area contributed by atoms with Gasteiger partial charge in [-0.05, 0) is 72.9 Å². The fourth-order valence-corrected chi connectivity index (χ4v) is 5.03. The summed E-state index contributed by atoms with van der Waals surface area (Å²) < 4.78 is 54.1. The number of carbonyl (C=O) groups excluding carboxylic acids is 1. The Labute approximate surface area is 205 Å². The smallest absolute Gasteiger partial charge is 0.242 e. The number of rotatable bonds is 8. The predicted octanol–water partition coefficient (Wildman–Crippen LogP) is 5.82. The molecule has 0 spiro atoms. The second-order valence-corrected chi connectivity index (χ2v) is 11.6. The second-order valence-electron chi connectivity index (χ2n) is 9.52. The Morgan fingerprint density at radius 2 is 1.40 bits per heavy atom. The fraction of sp³-hybridized carbons (Fsp3) is 0.296. The van der Waals surface area contributed by atoms with Gasteiger partial charge in [-0.2, -0.15) is 0 Å². The largest absolute Gasteiger partial charge is 0.325 e. The van der Waals surface area contributed by atoms with E-state index in [-0.39, 0.29) is 16.4 Å². The van der Waals surface area contributed by atoms with Gasteiger partial charge in [0.05, 0.1) is 10.3 Å². The lowest BCUT2D eigenvalue weighted by Gasteiger charge is -2.24. The summed E-state index contributed by atoms with van der Waals surface area (Å²) in [5, 5.41) is 2.79. The first kappa shape index (κ1) is 26.5. The third-order valence-corrected chi connectivity index (χ3v) is 7.65. The standard InChI is InChI=1S/C27H30F2N2O3S/c1-18(2)17-31(5)35(33,34)25-12-8-20(9-13-25)19-6-10-24(11-7-19)30-26(32)27(3,4)21-14-22(28)16-23(29)15-21/h6-16,18H,17H2,1-5H3,(H,30,32). The molecule has 8 heteroatoms. The Morgan fingerprint density at radius 1 is 0.914 bits per heavy atom. The van der Waals surface area contributed by atoms with Crippen LogP contribution < -0.4 is 5.32 Å². The summed E-state index contributed by atoms with van der Waals surface area (Å²) in [7, 11) is -1.98. The van der Waals surface area contributed by atoms with Gasteiger partial charge in [-0.25, -0.2) is 21.5 Å². The van der Waals surface area contributed by atoms with Gasteiger partial charge in [-0.15, -0.1) is 0 Å². The van der Waals surface area contributed by atoms with Crippen LogP contribution in [0.15, 0.2) is 71.6 Å². The second kappa shape index (κ2) is 10.3. The van der Waals surface area contributed by atoms with E-state index in [1.54, 1.807) is 69.4 Å². The summed E-state index contributed by atoms with van der Waals surface area (Å²) in [5.74, 6) is -1.67. The SMILES string of the molecule is CC(C)CN(C)S(=O)(=O)c1ccc(-c2ccc(NC(=O)C(C)(C)c3cc(F)cc(F)c3)cc2)cc1. The number of benzene rings is 3. The minimum Gasteiger partial charge on any atom is -0.325 e. The highest BCUT2D eigenvalue weighted by Gasteiger charge is 2.31. The van der Waals surface area contributed by atoms with Crippen LogP contribution in [0.3, 0.4) is 0 Å². The van der Waals surface area contributed by atoms with E-state index in [9.17, 15) is 22.0 Å². The van der Waals surface area contributed by atoms with E-state index >= 15 is 0 Å². The van der Waals surface area contributed by atoms with Gasteiger partial charge in [0.15, 0.2) is 0 Å². The first-order chi connectivity index (χ1) is 16.3. The first-order valence-electron chi connectivity index (χ1n) is 11.3. The molecule has 0 heterocycles. The zero-order chi connectivity index (χ0) is 26.0. The highest BCUT2D eigenvalue weighted by atomic mass is 32.2. The minimum absolute atomic E-state index is 0.216. The van der Waals surface area contributed by atoms with Crippen LogP contribution in [0.1, 0.15) is 33.3 Å². The summed E-state index contributed by atoms with van der Waals surface area (Å²) >= 11 is 0. The number of nitrogens with zero attached hydrogens (tertiary/aromatic N) is 1. The van der Waals surface area contributed by atoms with E-state index in [0.29, 0.717) is 12.2 Å². The first-order valence-corrected chi connectivity index (χ1v) is 12.7. The molecule has 0 aliphatic heterocycles. The van der Waals surface area contributed by atoms with Crippen LogP contribution in [-0.4, -0.2) is 32.2 Å². The van der Waals surface area contributed by atoms with Crippen LogP contribution in [0.5, 0.6) is 0 Å². The Morgan fingerprint density at radius 3 is 1.89 bits per heavy atom. The van der Waals surface area contributed by atoms with E-state index in [2.05, 4.69) is 5.32 Å². The maximum Gasteiger partial charge on any atom is 0.242 e. The van der Waals surface area contributed by atoms with E-state index in [1.165, 1.54) is 4.31 Å². The number of nitrogens with one attached hydrogen (secondary N) is 1. The van der Waals surface area contributed by atoms with Crippen LogP contribution in [0.4, 0.5) is 14.5 Å². The third-order valence-electron chi connectivity index (χ3n) is 5.81. The molecular formula is C27H30F2N2O3S. The molecule has 3 aromatic rings. The molecule has 0 fully saturated rings.